The van der Waals surface area contributed by atoms with E-state index in [9.17, 15) is 14.4 Å². The summed E-state index contributed by atoms with van der Waals surface area (Å²) in [5.74, 6) is -1.48. The van der Waals surface area contributed by atoms with Gasteiger partial charge in [-0.25, -0.2) is 4.79 Å². The second kappa shape index (κ2) is 9.28. The van der Waals surface area contributed by atoms with Gasteiger partial charge in [0.25, 0.3) is 5.91 Å². The Morgan fingerprint density at radius 2 is 1.81 bits per heavy atom. The smallest absolute Gasteiger partial charge is 0.341 e. The lowest BCUT2D eigenvalue weighted by Gasteiger charge is -2.17. The summed E-state index contributed by atoms with van der Waals surface area (Å²) < 4.78 is 15.6. The number of fused-ring (bicyclic) bond motifs is 1. The first-order chi connectivity index (χ1) is 14.7. The minimum absolute atomic E-state index is 0.203. The Hall–Kier alpha value is -2.58. The normalized spacial score (nSPS) is 15.7. The number of hydrogen-bond donors (Lipinski definition) is 1. The van der Waals surface area contributed by atoms with Crippen LogP contribution in [0.4, 0.5) is 5.00 Å². The standard InChI is InChI=1S/C22H24ClNO6S/c1-10-8-13(9-11(2)18(10)23)30-12(3)19(25)24-20-17(22(27)29-5)16-14(21(26)28-4)6-7-15(16)31-20/h8-9,12,14H,6-7H2,1-5H3,(H,24,25). The van der Waals surface area contributed by atoms with Crippen molar-refractivity contribution < 1.29 is 28.6 Å². The lowest BCUT2D eigenvalue weighted by Crippen LogP contribution is -2.30. The first-order valence-corrected chi connectivity index (χ1v) is 10.9. The molecule has 1 heterocycles. The van der Waals surface area contributed by atoms with Crippen LogP contribution in [0.2, 0.25) is 5.02 Å². The molecule has 0 aliphatic heterocycles. The van der Waals surface area contributed by atoms with Gasteiger partial charge < -0.3 is 19.5 Å². The number of benzene rings is 1. The maximum atomic E-state index is 12.8. The SMILES string of the molecule is COC(=O)c1c(NC(=O)C(C)Oc2cc(C)c(Cl)c(C)c2)sc2c1C(C(=O)OC)CC2. The average Bonchev–Trinajstić information content (AvgIpc) is 3.29. The lowest BCUT2D eigenvalue weighted by molar-refractivity contribution is -0.142. The minimum Gasteiger partial charge on any atom is -0.481 e. The fourth-order valence-electron chi connectivity index (χ4n) is 3.68. The molecule has 0 bridgehead atoms. The predicted molar refractivity (Wildman–Crippen MR) is 118 cm³/mol. The van der Waals surface area contributed by atoms with Gasteiger partial charge >= 0.3 is 11.9 Å². The van der Waals surface area contributed by atoms with Crippen molar-refractivity contribution in [3.63, 3.8) is 0 Å². The molecule has 1 aromatic carbocycles. The van der Waals surface area contributed by atoms with Crippen LogP contribution < -0.4 is 10.1 Å². The Morgan fingerprint density at radius 1 is 1.16 bits per heavy atom. The highest BCUT2D eigenvalue weighted by Gasteiger charge is 2.38. The summed E-state index contributed by atoms with van der Waals surface area (Å²) >= 11 is 7.46. The molecule has 1 amide bonds. The Morgan fingerprint density at radius 3 is 2.39 bits per heavy atom. The summed E-state index contributed by atoms with van der Waals surface area (Å²) in [7, 11) is 2.57. The summed E-state index contributed by atoms with van der Waals surface area (Å²) in [4.78, 5) is 38.4. The molecule has 9 heteroatoms. The third-order valence-electron chi connectivity index (χ3n) is 5.23. The second-order valence-corrected chi connectivity index (χ2v) is 8.85. The number of carbonyl (C=O) groups is 3. The Bertz CT molecular complexity index is 1020. The van der Waals surface area contributed by atoms with Crippen LogP contribution in [0.25, 0.3) is 0 Å². The Labute approximate surface area is 189 Å². The van der Waals surface area contributed by atoms with E-state index in [1.165, 1.54) is 25.6 Å². The quantitative estimate of drug-likeness (QED) is 0.635. The summed E-state index contributed by atoms with van der Waals surface area (Å²) in [6.45, 7) is 5.34. The summed E-state index contributed by atoms with van der Waals surface area (Å²) in [6, 6.07) is 3.53. The molecule has 2 atom stereocenters. The zero-order valence-electron chi connectivity index (χ0n) is 18.0. The molecule has 3 rings (SSSR count). The van der Waals surface area contributed by atoms with Gasteiger partial charge in [-0.15, -0.1) is 11.3 Å². The maximum absolute atomic E-state index is 12.8. The number of anilines is 1. The van der Waals surface area contributed by atoms with Crippen LogP contribution in [0.3, 0.4) is 0 Å². The zero-order valence-corrected chi connectivity index (χ0v) is 19.5. The first kappa shape index (κ1) is 23.1. The highest BCUT2D eigenvalue weighted by Crippen LogP contribution is 2.46. The molecule has 1 aliphatic rings. The van der Waals surface area contributed by atoms with E-state index in [0.717, 1.165) is 16.0 Å². The van der Waals surface area contributed by atoms with Crippen LogP contribution in [0, 0.1) is 13.8 Å². The van der Waals surface area contributed by atoms with Crippen LogP contribution in [-0.2, 0) is 25.5 Å². The summed E-state index contributed by atoms with van der Waals surface area (Å²) in [5, 5.41) is 3.76. The first-order valence-electron chi connectivity index (χ1n) is 9.73. The van der Waals surface area contributed by atoms with E-state index in [0.29, 0.717) is 34.2 Å². The van der Waals surface area contributed by atoms with Gasteiger partial charge in [-0.1, -0.05) is 11.6 Å². The van der Waals surface area contributed by atoms with Crippen molar-refractivity contribution in [1.82, 2.24) is 0 Å². The summed E-state index contributed by atoms with van der Waals surface area (Å²) in [5.41, 5.74) is 2.48. The highest BCUT2D eigenvalue weighted by atomic mass is 35.5. The van der Waals surface area contributed by atoms with E-state index in [2.05, 4.69) is 5.32 Å². The Balaban J connectivity index is 1.84. The molecule has 7 nitrogen and oxygen atoms in total. The number of esters is 2. The number of aryl methyl sites for hydroxylation is 3. The molecule has 0 saturated heterocycles. The minimum atomic E-state index is -0.834. The van der Waals surface area contributed by atoms with Crippen molar-refractivity contribution in [1.29, 1.82) is 0 Å². The van der Waals surface area contributed by atoms with Gasteiger partial charge in [0.15, 0.2) is 6.10 Å². The van der Waals surface area contributed by atoms with E-state index in [1.54, 1.807) is 19.1 Å². The van der Waals surface area contributed by atoms with Crippen LogP contribution in [-0.4, -0.2) is 38.2 Å². The van der Waals surface area contributed by atoms with Gasteiger partial charge in [-0.3, -0.25) is 9.59 Å². The second-order valence-electron chi connectivity index (χ2n) is 7.37. The lowest BCUT2D eigenvalue weighted by atomic mass is 9.99. The third kappa shape index (κ3) is 4.55. The topological polar surface area (TPSA) is 90.9 Å². The van der Waals surface area contributed by atoms with Crippen molar-refractivity contribution in [2.45, 2.75) is 45.6 Å². The largest absolute Gasteiger partial charge is 0.481 e. The molecule has 0 spiro atoms. The maximum Gasteiger partial charge on any atom is 0.341 e. The van der Waals surface area contributed by atoms with Gasteiger partial charge in [0.2, 0.25) is 0 Å². The molecule has 2 unspecified atom stereocenters. The van der Waals surface area contributed by atoms with Crippen LogP contribution in [0.15, 0.2) is 12.1 Å². The molecule has 1 N–H and O–H groups in total. The van der Waals surface area contributed by atoms with Crippen molar-refractivity contribution in [2.75, 3.05) is 19.5 Å². The van der Waals surface area contributed by atoms with Gasteiger partial charge in [0.1, 0.15) is 10.8 Å². The van der Waals surface area contributed by atoms with Gasteiger partial charge in [-0.2, -0.15) is 0 Å². The molecule has 0 saturated carbocycles. The third-order valence-corrected chi connectivity index (χ3v) is 7.01. The summed E-state index contributed by atoms with van der Waals surface area (Å²) in [6.07, 6.45) is 0.342. The molecule has 1 aliphatic carbocycles. The fraction of sp³-hybridized carbons (Fsp3) is 0.409. The van der Waals surface area contributed by atoms with E-state index >= 15 is 0 Å². The van der Waals surface area contributed by atoms with E-state index < -0.39 is 29.9 Å². The molecule has 0 radical (unpaired) electrons. The van der Waals surface area contributed by atoms with E-state index in [4.69, 9.17) is 25.8 Å². The molecule has 1 aromatic heterocycles. The van der Waals surface area contributed by atoms with Gasteiger partial charge in [-0.05, 0) is 62.4 Å². The van der Waals surface area contributed by atoms with E-state index in [-0.39, 0.29) is 5.56 Å². The molecule has 31 heavy (non-hydrogen) atoms. The molecule has 2 aromatic rings. The monoisotopic (exact) mass is 465 g/mol. The average molecular weight is 466 g/mol. The number of methoxy groups -OCH3 is 2. The fourth-order valence-corrected chi connectivity index (χ4v) is 5.06. The van der Waals surface area contributed by atoms with Gasteiger partial charge in [0.05, 0.1) is 25.7 Å². The van der Waals surface area contributed by atoms with Crippen molar-refractivity contribution in [3.8, 4) is 5.75 Å². The number of hydrogen-bond acceptors (Lipinski definition) is 7. The van der Waals surface area contributed by atoms with Crippen LogP contribution in [0.5, 0.6) is 5.75 Å². The van der Waals surface area contributed by atoms with Gasteiger partial charge in [0, 0.05) is 9.90 Å². The van der Waals surface area contributed by atoms with Crippen molar-refractivity contribution >= 4 is 45.8 Å². The van der Waals surface area contributed by atoms with Crippen molar-refractivity contribution in [3.05, 3.63) is 44.3 Å². The zero-order chi connectivity index (χ0) is 22.9. The molecular weight excluding hydrogens is 442 g/mol. The number of halogens is 1. The molecule has 166 valence electrons. The molecular formula is C22H24ClNO6S. The highest BCUT2D eigenvalue weighted by molar-refractivity contribution is 7.17. The molecule has 0 fully saturated rings. The van der Waals surface area contributed by atoms with Crippen LogP contribution in [0.1, 0.15) is 51.2 Å². The Kier molecular flexibility index (Phi) is 6.91. The number of nitrogens with one attached hydrogen (secondary N) is 1. The number of carbonyl (C=O) groups excluding carboxylic acids is 3. The predicted octanol–water partition coefficient (Wildman–Crippen LogP) is 4.41. The number of rotatable bonds is 6. The van der Waals surface area contributed by atoms with E-state index in [1.807, 2.05) is 13.8 Å². The number of amides is 1. The van der Waals surface area contributed by atoms with Crippen LogP contribution >= 0.6 is 22.9 Å². The number of ether oxygens (including phenoxy) is 3. The number of thiophene rings is 1. The van der Waals surface area contributed by atoms with Crippen molar-refractivity contribution in [2.24, 2.45) is 0 Å².